The van der Waals surface area contributed by atoms with Gasteiger partial charge in [-0.2, -0.15) is 0 Å². The summed E-state index contributed by atoms with van der Waals surface area (Å²) in [6.45, 7) is 0.615. The lowest BCUT2D eigenvalue weighted by molar-refractivity contribution is -0.385. The van der Waals surface area contributed by atoms with E-state index in [1.54, 1.807) is 17.3 Å². The van der Waals surface area contributed by atoms with Gasteiger partial charge >= 0.3 is 5.69 Å². The third-order valence-corrected chi connectivity index (χ3v) is 4.52. The minimum absolute atomic E-state index is 0.0599. The first-order valence-electron chi connectivity index (χ1n) is 8.26. The number of hydrogen-bond acceptors (Lipinski definition) is 5. The van der Waals surface area contributed by atoms with E-state index in [0.29, 0.717) is 6.54 Å². The Bertz CT molecular complexity index is 779. The molecule has 2 heterocycles. The second kappa shape index (κ2) is 7.29. The van der Waals surface area contributed by atoms with Crippen molar-refractivity contribution in [3.05, 3.63) is 64.0 Å². The maximum Gasteiger partial charge on any atom is 0.310 e. The lowest BCUT2D eigenvalue weighted by Gasteiger charge is -2.30. The van der Waals surface area contributed by atoms with Gasteiger partial charge in [0.15, 0.2) is 5.75 Å². The fourth-order valence-corrected chi connectivity index (χ4v) is 3.26. The molecule has 1 amide bonds. The van der Waals surface area contributed by atoms with Crippen LogP contribution in [0.1, 0.15) is 47.6 Å². The molecule has 0 aliphatic carbocycles. The predicted octanol–water partition coefficient (Wildman–Crippen LogP) is 3.45. The zero-order valence-corrected chi connectivity index (χ0v) is 13.7. The van der Waals surface area contributed by atoms with E-state index in [1.807, 2.05) is 12.1 Å². The van der Waals surface area contributed by atoms with Crippen molar-refractivity contribution < 1.29 is 14.8 Å². The molecule has 1 aliphatic heterocycles. The number of rotatable bonds is 3. The summed E-state index contributed by atoms with van der Waals surface area (Å²) in [5, 5.41) is 20.7. The van der Waals surface area contributed by atoms with Crippen LogP contribution in [-0.2, 0) is 0 Å². The Labute approximate surface area is 145 Å². The van der Waals surface area contributed by atoms with E-state index >= 15 is 0 Å². The molecule has 130 valence electrons. The molecular formula is C18H19N3O4. The van der Waals surface area contributed by atoms with Crippen LogP contribution in [0, 0.1) is 10.1 Å². The number of likely N-dealkylation sites (tertiary alicyclic amines) is 1. The number of nitrogens with zero attached hydrogens (tertiary/aromatic N) is 3. The minimum Gasteiger partial charge on any atom is -0.502 e. The molecule has 2 aromatic rings. The molecule has 0 bridgehead atoms. The largest absolute Gasteiger partial charge is 0.502 e. The normalized spacial score (nSPS) is 17.8. The Morgan fingerprint density at radius 2 is 1.96 bits per heavy atom. The number of amides is 1. The highest BCUT2D eigenvalue weighted by Gasteiger charge is 2.28. The average Bonchev–Trinajstić information content (AvgIpc) is 2.87. The monoisotopic (exact) mass is 341 g/mol. The molecule has 1 atom stereocenters. The van der Waals surface area contributed by atoms with Crippen molar-refractivity contribution >= 4 is 11.6 Å². The molecule has 3 rings (SSSR count). The van der Waals surface area contributed by atoms with E-state index in [4.69, 9.17) is 0 Å². The first-order valence-corrected chi connectivity index (χ1v) is 8.26. The Morgan fingerprint density at radius 3 is 2.64 bits per heavy atom. The van der Waals surface area contributed by atoms with Crippen molar-refractivity contribution in [2.75, 3.05) is 6.54 Å². The van der Waals surface area contributed by atoms with Crippen molar-refractivity contribution in [2.45, 2.75) is 31.7 Å². The predicted molar refractivity (Wildman–Crippen MR) is 91.2 cm³/mol. The van der Waals surface area contributed by atoms with Gasteiger partial charge < -0.3 is 10.0 Å². The van der Waals surface area contributed by atoms with Gasteiger partial charge in [0.2, 0.25) is 0 Å². The number of nitro benzene ring substituents is 1. The molecule has 0 saturated carbocycles. The molecule has 7 heteroatoms. The number of nitro groups is 1. The first kappa shape index (κ1) is 16.9. The van der Waals surface area contributed by atoms with Gasteiger partial charge in [0.25, 0.3) is 5.91 Å². The van der Waals surface area contributed by atoms with Crippen LogP contribution in [0.5, 0.6) is 5.75 Å². The highest BCUT2D eigenvalue weighted by molar-refractivity contribution is 5.95. The number of carbonyl (C=O) groups is 1. The van der Waals surface area contributed by atoms with Gasteiger partial charge in [-0.15, -0.1) is 0 Å². The lowest BCUT2D eigenvalue weighted by Crippen LogP contribution is -2.34. The summed E-state index contributed by atoms with van der Waals surface area (Å²) in [6, 6.07) is 7.49. The number of phenolic OH excluding ortho intramolecular Hbond substituents is 1. The summed E-state index contributed by atoms with van der Waals surface area (Å²) < 4.78 is 0. The summed E-state index contributed by atoms with van der Waals surface area (Å²) in [4.78, 5) is 29.0. The molecule has 1 aliphatic rings. The van der Waals surface area contributed by atoms with Crippen LogP contribution in [0.15, 0.2) is 42.7 Å². The fraction of sp³-hybridized carbons (Fsp3) is 0.333. The quantitative estimate of drug-likeness (QED) is 0.681. The van der Waals surface area contributed by atoms with Gasteiger partial charge in [-0.1, -0.05) is 12.8 Å². The number of hydrogen-bond donors (Lipinski definition) is 1. The Kier molecular flexibility index (Phi) is 4.92. The highest BCUT2D eigenvalue weighted by Crippen LogP contribution is 2.33. The number of benzene rings is 1. The number of pyridine rings is 1. The molecule has 1 fully saturated rings. The van der Waals surface area contributed by atoms with Crippen LogP contribution in [0.4, 0.5) is 5.69 Å². The molecule has 0 radical (unpaired) electrons. The van der Waals surface area contributed by atoms with Gasteiger partial charge in [0, 0.05) is 30.6 Å². The zero-order chi connectivity index (χ0) is 17.8. The fourth-order valence-electron chi connectivity index (χ4n) is 3.26. The number of aromatic nitrogens is 1. The highest BCUT2D eigenvalue weighted by atomic mass is 16.6. The third-order valence-electron chi connectivity index (χ3n) is 4.52. The number of phenols is 1. The molecule has 7 nitrogen and oxygen atoms in total. The molecular weight excluding hydrogens is 322 g/mol. The van der Waals surface area contributed by atoms with Crippen LogP contribution in [-0.4, -0.2) is 32.4 Å². The van der Waals surface area contributed by atoms with Gasteiger partial charge in [0.05, 0.1) is 11.0 Å². The van der Waals surface area contributed by atoms with Gasteiger partial charge in [-0.05, 0) is 42.7 Å². The third kappa shape index (κ3) is 3.60. The molecule has 25 heavy (non-hydrogen) atoms. The first-order chi connectivity index (χ1) is 12.1. The summed E-state index contributed by atoms with van der Waals surface area (Å²) in [6.07, 6.45) is 7.27. The van der Waals surface area contributed by atoms with Gasteiger partial charge in [-0.25, -0.2) is 0 Å². The Hall–Kier alpha value is -2.96. The van der Waals surface area contributed by atoms with Crippen molar-refractivity contribution in [3.63, 3.8) is 0 Å². The van der Waals surface area contributed by atoms with E-state index in [1.165, 1.54) is 18.2 Å². The summed E-state index contributed by atoms with van der Waals surface area (Å²) in [5.41, 5.74) is 0.874. The summed E-state index contributed by atoms with van der Waals surface area (Å²) in [7, 11) is 0. The Balaban J connectivity index is 1.92. The van der Waals surface area contributed by atoms with Crippen LogP contribution in [0.2, 0.25) is 0 Å². The van der Waals surface area contributed by atoms with Crippen molar-refractivity contribution in [1.82, 2.24) is 9.88 Å². The van der Waals surface area contributed by atoms with E-state index in [9.17, 15) is 20.0 Å². The van der Waals surface area contributed by atoms with Gasteiger partial charge in [0.1, 0.15) is 0 Å². The van der Waals surface area contributed by atoms with Crippen molar-refractivity contribution in [3.8, 4) is 5.75 Å². The number of aromatic hydroxyl groups is 1. The van der Waals surface area contributed by atoms with E-state index in [-0.39, 0.29) is 17.5 Å². The smallest absolute Gasteiger partial charge is 0.310 e. The van der Waals surface area contributed by atoms with Crippen LogP contribution < -0.4 is 0 Å². The molecule has 1 aromatic carbocycles. The average molecular weight is 341 g/mol. The zero-order valence-electron chi connectivity index (χ0n) is 13.7. The molecule has 1 aromatic heterocycles. The topological polar surface area (TPSA) is 96.6 Å². The molecule has 1 saturated heterocycles. The van der Waals surface area contributed by atoms with Crippen LogP contribution >= 0.6 is 0 Å². The van der Waals surface area contributed by atoms with E-state index in [0.717, 1.165) is 31.2 Å². The summed E-state index contributed by atoms with van der Waals surface area (Å²) >= 11 is 0. The van der Waals surface area contributed by atoms with Crippen LogP contribution in [0.3, 0.4) is 0 Å². The van der Waals surface area contributed by atoms with Crippen LogP contribution in [0.25, 0.3) is 0 Å². The van der Waals surface area contributed by atoms with Crippen molar-refractivity contribution in [2.24, 2.45) is 0 Å². The van der Waals surface area contributed by atoms with E-state index in [2.05, 4.69) is 4.98 Å². The van der Waals surface area contributed by atoms with Gasteiger partial charge in [-0.3, -0.25) is 19.9 Å². The Morgan fingerprint density at radius 1 is 1.20 bits per heavy atom. The SMILES string of the molecule is O=C(c1ccc([N+](=O)[O-])c(O)c1)N1CCCCC[C@@H]1c1ccncc1. The second-order valence-corrected chi connectivity index (χ2v) is 6.10. The van der Waals surface area contributed by atoms with E-state index < -0.39 is 16.4 Å². The summed E-state index contributed by atoms with van der Waals surface area (Å²) in [5.74, 6) is -0.722. The molecule has 1 N–H and O–H groups in total. The van der Waals surface area contributed by atoms with Crippen molar-refractivity contribution in [1.29, 1.82) is 0 Å². The lowest BCUT2D eigenvalue weighted by atomic mass is 10.0. The minimum atomic E-state index is -0.671. The number of carbonyl (C=O) groups excluding carboxylic acids is 1. The second-order valence-electron chi connectivity index (χ2n) is 6.10. The maximum atomic E-state index is 13.0. The maximum absolute atomic E-state index is 13.0. The standard InChI is InChI=1S/C18H19N3O4/c22-17-12-14(5-6-16(17)21(24)25)18(23)20-11-3-1-2-4-15(20)13-7-9-19-10-8-13/h5-10,12,15,22H,1-4,11H2/t15-/m1/s1. The molecule has 0 spiro atoms. The molecule has 0 unspecified atom stereocenters.